The minimum atomic E-state index is -4.71. The molecule has 0 bridgehead atoms. The maximum absolute atomic E-state index is 11.9. The molecule has 296 valence electrons. The van der Waals surface area contributed by atoms with Gasteiger partial charge in [-0.05, 0) is 67.1 Å². The molecule has 4 rings (SSSR count). The van der Waals surface area contributed by atoms with Gasteiger partial charge in [0, 0.05) is 0 Å². The van der Waals surface area contributed by atoms with Crippen LogP contribution in [-0.4, -0.2) is 68.8 Å². The Morgan fingerprint density at radius 1 is 0.545 bits per heavy atom. The first-order valence-electron chi connectivity index (χ1n) is 18.9. The second-order valence-corrected chi connectivity index (χ2v) is 16.0. The second kappa shape index (κ2) is 25.4. The van der Waals surface area contributed by atoms with Gasteiger partial charge in [0.2, 0.25) is 0 Å². The number of benzene rings is 4. The van der Waals surface area contributed by atoms with Crippen LogP contribution in [0.15, 0.2) is 94.7 Å². The van der Waals surface area contributed by atoms with Gasteiger partial charge in [0.25, 0.3) is 10.1 Å². The molecule has 55 heavy (non-hydrogen) atoms. The zero-order chi connectivity index (χ0) is 39.4. The maximum Gasteiger partial charge on any atom is 2.00 e. The fourth-order valence-electron chi connectivity index (χ4n) is 5.99. The molecule has 0 spiro atoms. The summed E-state index contributed by atoms with van der Waals surface area (Å²) in [6.45, 7) is 4.37. The molecule has 2 N–H and O–H groups in total. The maximum atomic E-state index is 11.9. The molecule has 0 fully saturated rings. The van der Waals surface area contributed by atoms with Crippen molar-refractivity contribution in [2.75, 3.05) is 0 Å². The summed E-state index contributed by atoms with van der Waals surface area (Å²) in [7, 11) is -9.15. The number of unbranched alkanes of at least 4 members (excludes halogenated alkanes) is 12. The van der Waals surface area contributed by atoms with Gasteiger partial charge in [-0.15, -0.1) is 0 Å². The predicted molar refractivity (Wildman–Crippen MR) is 214 cm³/mol. The molecule has 0 aromatic heterocycles. The fraction of sp³-hybridized carbons (Fsp3) is 0.429. The van der Waals surface area contributed by atoms with E-state index >= 15 is 0 Å². The molecule has 0 atom stereocenters. The van der Waals surface area contributed by atoms with Crippen molar-refractivity contribution in [2.24, 2.45) is 0 Å². The molecule has 0 amide bonds. The van der Waals surface area contributed by atoms with E-state index in [9.17, 15) is 36.2 Å². The van der Waals surface area contributed by atoms with Gasteiger partial charge in [0.1, 0.15) is 26.5 Å². The molecule has 0 aliphatic carbocycles. The number of ether oxygens (including phenoxy) is 2. The third-order valence-corrected chi connectivity index (χ3v) is 10.6. The van der Waals surface area contributed by atoms with Crippen molar-refractivity contribution in [3.05, 3.63) is 96.1 Å². The van der Waals surface area contributed by atoms with E-state index in [0.29, 0.717) is 24.0 Å². The first kappa shape index (κ1) is 48.3. The van der Waals surface area contributed by atoms with Gasteiger partial charge < -0.3 is 24.2 Å². The third-order valence-electron chi connectivity index (χ3n) is 8.91. The van der Waals surface area contributed by atoms with Gasteiger partial charge in [0.05, 0.1) is 4.90 Å². The molecular formula is C42H54CaO10S2. The molecule has 0 aliphatic heterocycles. The largest absolute Gasteiger partial charge is 2.00 e. The molecule has 0 saturated heterocycles. The van der Waals surface area contributed by atoms with Crippen molar-refractivity contribution in [3.63, 3.8) is 0 Å². The van der Waals surface area contributed by atoms with Crippen LogP contribution in [0.3, 0.4) is 0 Å². The van der Waals surface area contributed by atoms with Crippen LogP contribution in [-0.2, 0) is 33.1 Å². The third kappa shape index (κ3) is 17.0. The number of hydrogen-bond acceptors (Lipinski definition) is 9. The van der Waals surface area contributed by atoms with Crippen LogP contribution in [0.1, 0.15) is 115 Å². The molecule has 0 heterocycles. The van der Waals surface area contributed by atoms with Gasteiger partial charge >= 0.3 is 37.7 Å². The number of hydrogen-bond donors (Lipinski definition) is 2. The first-order valence-corrected chi connectivity index (χ1v) is 21.8. The van der Waals surface area contributed by atoms with Crippen LogP contribution >= 0.6 is 0 Å². The summed E-state index contributed by atoms with van der Waals surface area (Å²) in [5.41, 5.74) is 1.32. The second-order valence-electron chi connectivity index (χ2n) is 13.3. The van der Waals surface area contributed by atoms with E-state index in [2.05, 4.69) is 13.8 Å². The average Bonchev–Trinajstić information content (AvgIpc) is 3.13. The number of aromatic hydroxyl groups is 1. The molecule has 0 saturated carbocycles. The smallest absolute Gasteiger partial charge is 0.870 e. The van der Waals surface area contributed by atoms with E-state index in [1.165, 1.54) is 87.8 Å². The van der Waals surface area contributed by atoms with Crippen molar-refractivity contribution < 1.29 is 45.6 Å². The summed E-state index contributed by atoms with van der Waals surface area (Å²) < 4.78 is 79.4. The van der Waals surface area contributed by atoms with Crippen molar-refractivity contribution in [3.8, 4) is 34.5 Å². The summed E-state index contributed by atoms with van der Waals surface area (Å²) in [6.07, 6.45) is 17.1. The van der Waals surface area contributed by atoms with Crippen LogP contribution < -0.4 is 14.6 Å². The molecule has 0 unspecified atom stereocenters. The molecule has 4 aromatic carbocycles. The van der Waals surface area contributed by atoms with Gasteiger partial charge in [0.15, 0.2) is 17.2 Å². The fourth-order valence-corrected chi connectivity index (χ4v) is 7.29. The number of phenolic OH excluding ortho intramolecular Hbond substituents is 1. The Bertz CT molecular complexity index is 1810. The molecule has 4 aromatic rings. The topological polar surface area (TPSA) is 173 Å². The predicted octanol–water partition coefficient (Wildman–Crippen LogP) is 10.1. The first-order chi connectivity index (χ1) is 25.9. The van der Waals surface area contributed by atoms with E-state index < -0.39 is 25.1 Å². The van der Waals surface area contributed by atoms with Crippen molar-refractivity contribution >= 4 is 58.0 Å². The zero-order valence-corrected chi connectivity index (χ0v) is 35.9. The van der Waals surface area contributed by atoms with Gasteiger partial charge in [-0.3, -0.25) is 4.55 Å². The minimum Gasteiger partial charge on any atom is -0.870 e. The van der Waals surface area contributed by atoms with Crippen molar-refractivity contribution in [1.82, 2.24) is 0 Å². The summed E-state index contributed by atoms with van der Waals surface area (Å²) in [5.74, 6) is -0.250. The zero-order valence-electron chi connectivity index (χ0n) is 32.1. The summed E-state index contributed by atoms with van der Waals surface area (Å²) in [5, 5.41) is 21.9. The average molecular weight is 823 g/mol. The Hall–Kier alpha value is -2.84. The number of para-hydroxylation sites is 6. The van der Waals surface area contributed by atoms with E-state index in [1.54, 1.807) is 48.5 Å². The van der Waals surface area contributed by atoms with E-state index in [0.717, 1.165) is 38.5 Å². The standard InChI is InChI=1S/2C21H28O5S.Ca/c2*1-2-3-4-5-6-7-8-12-17-13-11-16-20(27(23,24)25)21(17)26-19-15-10-9-14-18(19)22;/h2*9-11,13-16,22H,2-8,12H2,1H3,(H,23,24,25);/q;;+2/p-2. The Morgan fingerprint density at radius 3 is 1.44 bits per heavy atom. The number of aryl methyl sites for hydroxylation is 2. The van der Waals surface area contributed by atoms with Crippen LogP contribution in [0.4, 0.5) is 0 Å². The molecule has 0 radical (unpaired) electrons. The summed E-state index contributed by atoms with van der Waals surface area (Å²) in [6, 6.07) is 21.5. The van der Waals surface area contributed by atoms with Gasteiger partial charge in [-0.2, -0.15) is 8.42 Å². The molecular weight excluding hydrogens is 769 g/mol. The van der Waals surface area contributed by atoms with E-state index in [-0.39, 0.29) is 77.1 Å². The van der Waals surface area contributed by atoms with Gasteiger partial charge in [-0.25, -0.2) is 8.42 Å². The number of rotatable bonds is 22. The molecule has 13 heteroatoms. The summed E-state index contributed by atoms with van der Waals surface area (Å²) in [4.78, 5) is -0.711. The monoisotopic (exact) mass is 822 g/mol. The normalized spacial score (nSPS) is 11.3. The van der Waals surface area contributed by atoms with Crippen LogP contribution in [0.2, 0.25) is 0 Å². The van der Waals surface area contributed by atoms with E-state index in [4.69, 9.17) is 9.47 Å². The SMILES string of the molecule is CCCCCCCCCc1cccc(S(=O)(=O)O)c1Oc1ccccc1O.CCCCCCCCCc1cccc(S(=O)(=O)[O-])c1Oc1ccccc1[O-].[Ca+2]. The van der Waals surface area contributed by atoms with Crippen molar-refractivity contribution in [1.29, 1.82) is 0 Å². The van der Waals surface area contributed by atoms with Crippen molar-refractivity contribution in [2.45, 2.75) is 126 Å². The Morgan fingerprint density at radius 2 is 0.964 bits per heavy atom. The van der Waals surface area contributed by atoms with Crippen LogP contribution in [0, 0.1) is 0 Å². The van der Waals surface area contributed by atoms with Crippen LogP contribution in [0.5, 0.6) is 34.5 Å². The van der Waals surface area contributed by atoms with Gasteiger partial charge in [-0.1, -0.05) is 151 Å². The minimum absolute atomic E-state index is 0. The molecule has 10 nitrogen and oxygen atoms in total. The Balaban J connectivity index is 0.000000373. The summed E-state index contributed by atoms with van der Waals surface area (Å²) >= 11 is 0. The van der Waals surface area contributed by atoms with Crippen LogP contribution in [0.25, 0.3) is 0 Å². The Labute approximate surface area is 357 Å². The quantitative estimate of drug-likeness (QED) is 0.0441. The van der Waals surface area contributed by atoms with E-state index in [1.807, 2.05) is 0 Å². The Kier molecular flexibility index (Phi) is 22.3. The number of phenols is 1. The molecule has 0 aliphatic rings.